The van der Waals surface area contributed by atoms with Crippen LogP contribution in [-0.4, -0.2) is 53.1 Å². The van der Waals surface area contributed by atoms with Crippen LogP contribution in [0, 0.1) is 6.92 Å². The monoisotopic (exact) mass is 462 g/mol. The first-order chi connectivity index (χ1) is 15.6. The number of anilines is 1. The number of fused-ring (bicyclic) bond motifs is 1. The first-order valence-electron chi connectivity index (χ1n) is 10.4. The fourth-order valence-electron chi connectivity index (χ4n) is 3.14. The Morgan fingerprint density at radius 2 is 1.79 bits per heavy atom. The third-order valence-corrected chi connectivity index (χ3v) is 4.97. The van der Waals surface area contributed by atoms with Crippen molar-refractivity contribution in [3.05, 3.63) is 47.5 Å². The van der Waals surface area contributed by atoms with Gasteiger partial charge in [-0.1, -0.05) is 6.07 Å². The first kappa shape index (κ1) is 24.5. The van der Waals surface area contributed by atoms with Gasteiger partial charge in [0.2, 0.25) is 0 Å². The number of nitrogens with one attached hydrogen (secondary N) is 1. The van der Waals surface area contributed by atoms with Gasteiger partial charge in [-0.2, -0.15) is 8.78 Å². The van der Waals surface area contributed by atoms with E-state index >= 15 is 0 Å². The molecule has 0 saturated carbocycles. The van der Waals surface area contributed by atoms with Crippen LogP contribution in [0.2, 0.25) is 0 Å². The summed E-state index contributed by atoms with van der Waals surface area (Å²) in [7, 11) is 3.12. The highest BCUT2D eigenvalue weighted by Crippen LogP contribution is 2.38. The fraction of sp³-hybridized carbons (Fsp3) is 0.435. The van der Waals surface area contributed by atoms with E-state index in [1.54, 1.807) is 39.3 Å². The van der Waals surface area contributed by atoms with E-state index in [4.69, 9.17) is 14.2 Å². The SMILES string of the molecule is COCCOc1cc2c(NCc3cccc(C(F)(F)C(C)(C)O)n3)nc(C)nc2cc1OC. The van der Waals surface area contributed by atoms with Crippen LogP contribution in [0.1, 0.15) is 31.1 Å². The van der Waals surface area contributed by atoms with Crippen LogP contribution in [0.4, 0.5) is 14.6 Å². The van der Waals surface area contributed by atoms with E-state index in [9.17, 15) is 13.9 Å². The van der Waals surface area contributed by atoms with Gasteiger partial charge in [0.25, 0.3) is 0 Å². The van der Waals surface area contributed by atoms with Crippen molar-refractivity contribution in [3.8, 4) is 11.5 Å². The molecule has 0 saturated heterocycles. The Morgan fingerprint density at radius 3 is 2.45 bits per heavy atom. The van der Waals surface area contributed by atoms with E-state index < -0.39 is 17.2 Å². The van der Waals surface area contributed by atoms with Crippen molar-refractivity contribution in [2.75, 3.05) is 32.8 Å². The molecule has 8 nitrogen and oxygen atoms in total. The Kier molecular flexibility index (Phi) is 7.28. The predicted octanol–water partition coefficient (Wildman–Crippen LogP) is 3.84. The Balaban J connectivity index is 1.91. The average molecular weight is 462 g/mol. The quantitative estimate of drug-likeness (QED) is 0.439. The number of aliphatic hydroxyl groups is 1. The first-order valence-corrected chi connectivity index (χ1v) is 10.4. The highest BCUT2D eigenvalue weighted by atomic mass is 19.3. The van der Waals surface area contributed by atoms with Crippen LogP contribution in [0.3, 0.4) is 0 Å². The van der Waals surface area contributed by atoms with Crippen molar-refractivity contribution in [3.63, 3.8) is 0 Å². The third-order valence-electron chi connectivity index (χ3n) is 4.97. The second-order valence-corrected chi connectivity index (χ2v) is 7.98. The zero-order valence-electron chi connectivity index (χ0n) is 19.3. The molecule has 0 bridgehead atoms. The Bertz CT molecular complexity index is 1120. The number of halogens is 2. The molecule has 3 rings (SSSR count). The minimum absolute atomic E-state index is 0.132. The van der Waals surface area contributed by atoms with Crippen molar-refractivity contribution in [2.24, 2.45) is 0 Å². The van der Waals surface area contributed by atoms with Gasteiger partial charge in [-0.05, 0) is 39.0 Å². The van der Waals surface area contributed by atoms with Gasteiger partial charge in [0, 0.05) is 18.6 Å². The summed E-state index contributed by atoms with van der Waals surface area (Å²) in [6.45, 7) is 4.73. The average Bonchev–Trinajstić information content (AvgIpc) is 2.76. The number of hydrogen-bond acceptors (Lipinski definition) is 8. The number of aromatic nitrogens is 3. The zero-order valence-corrected chi connectivity index (χ0v) is 19.3. The standard InChI is InChI=1S/C23H28F2N4O4/c1-14-27-17-12-18(32-5)19(33-10-9-31-4)11-16(17)21(28-14)26-13-15-7-6-8-20(29-15)23(24,25)22(2,3)30/h6-8,11-12,30H,9-10,13H2,1-5H3,(H,26,27,28). The minimum atomic E-state index is -3.51. The summed E-state index contributed by atoms with van der Waals surface area (Å²) in [4.78, 5) is 13.0. The van der Waals surface area contributed by atoms with Gasteiger partial charge in [0.15, 0.2) is 11.5 Å². The topological polar surface area (TPSA) is 98.6 Å². The molecule has 0 unspecified atom stereocenters. The van der Waals surface area contributed by atoms with Gasteiger partial charge in [-0.3, -0.25) is 0 Å². The Morgan fingerprint density at radius 1 is 1.03 bits per heavy atom. The number of benzene rings is 1. The highest BCUT2D eigenvalue weighted by Gasteiger charge is 2.48. The van der Waals surface area contributed by atoms with Crippen molar-refractivity contribution in [1.29, 1.82) is 0 Å². The van der Waals surface area contributed by atoms with E-state index in [1.807, 2.05) is 0 Å². The lowest BCUT2D eigenvalue weighted by Gasteiger charge is -2.28. The summed E-state index contributed by atoms with van der Waals surface area (Å²) in [6, 6.07) is 7.81. The van der Waals surface area contributed by atoms with Gasteiger partial charge in [0.05, 0.1) is 31.5 Å². The molecule has 33 heavy (non-hydrogen) atoms. The van der Waals surface area contributed by atoms with Gasteiger partial charge in [-0.15, -0.1) is 0 Å². The number of rotatable bonds is 10. The van der Waals surface area contributed by atoms with Crippen molar-refractivity contribution in [1.82, 2.24) is 15.0 Å². The zero-order chi connectivity index (χ0) is 24.2. The Labute approximate surface area is 190 Å². The lowest BCUT2D eigenvalue weighted by atomic mass is 9.97. The summed E-state index contributed by atoms with van der Waals surface area (Å²) in [5, 5.41) is 13.7. The lowest BCUT2D eigenvalue weighted by molar-refractivity contribution is -0.171. The molecule has 2 aromatic heterocycles. The molecule has 0 amide bonds. The third kappa shape index (κ3) is 5.45. The maximum Gasteiger partial charge on any atom is 0.317 e. The number of ether oxygens (including phenoxy) is 3. The van der Waals surface area contributed by atoms with Crippen molar-refractivity contribution < 1.29 is 28.1 Å². The predicted molar refractivity (Wildman–Crippen MR) is 120 cm³/mol. The Hall–Kier alpha value is -3.11. The molecule has 1 aromatic carbocycles. The molecule has 0 radical (unpaired) electrons. The second kappa shape index (κ2) is 9.80. The molecule has 0 aliphatic carbocycles. The van der Waals surface area contributed by atoms with E-state index in [0.29, 0.717) is 53.0 Å². The fourth-order valence-corrected chi connectivity index (χ4v) is 3.14. The van der Waals surface area contributed by atoms with E-state index in [0.717, 1.165) is 13.8 Å². The van der Waals surface area contributed by atoms with Crippen LogP contribution in [0.5, 0.6) is 11.5 Å². The number of methoxy groups -OCH3 is 2. The number of alkyl halides is 2. The smallest absolute Gasteiger partial charge is 0.317 e. The normalized spacial score (nSPS) is 12.1. The molecule has 0 atom stereocenters. The second-order valence-electron chi connectivity index (χ2n) is 7.98. The summed E-state index contributed by atoms with van der Waals surface area (Å²) < 4.78 is 45.2. The van der Waals surface area contributed by atoms with Gasteiger partial charge in [-0.25, -0.2) is 15.0 Å². The van der Waals surface area contributed by atoms with E-state index in [2.05, 4.69) is 20.3 Å². The molecule has 178 valence electrons. The maximum absolute atomic E-state index is 14.5. The van der Waals surface area contributed by atoms with Crippen molar-refractivity contribution >= 4 is 16.7 Å². The van der Waals surface area contributed by atoms with Crippen LogP contribution < -0.4 is 14.8 Å². The van der Waals surface area contributed by atoms with Gasteiger partial charge in [0.1, 0.15) is 29.5 Å². The number of nitrogens with zero attached hydrogens (tertiary/aromatic N) is 3. The van der Waals surface area contributed by atoms with Crippen LogP contribution >= 0.6 is 0 Å². The minimum Gasteiger partial charge on any atom is -0.493 e. The van der Waals surface area contributed by atoms with Crippen LogP contribution in [-0.2, 0) is 17.2 Å². The van der Waals surface area contributed by atoms with E-state index in [-0.39, 0.29) is 6.54 Å². The number of aryl methyl sites for hydroxylation is 1. The molecule has 0 aliphatic rings. The molecule has 2 heterocycles. The van der Waals surface area contributed by atoms with Crippen LogP contribution in [0.15, 0.2) is 30.3 Å². The summed E-state index contributed by atoms with van der Waals surface area (Å²) >= 11 is 0. The van der Waals surface area contributed by atoms with Gasteiger partial charge >= 0.3 is 5.92 Å². The maximum atomic E-state index is 14.5. The number of hydrogen-bond donors (Lipinski definition) is 2. The largest absolute Gasteiger partial charge is 0.493 e. The van der Waals surface area contributed by atoms with Crippen LogP contribution in [0.25, 0.3) is 10.9 Å². The molecular weight excluding hydrogens is 434 g/mol. The summed E-state index contributed by atoms with van der Waals surface area (Å²) in [5.41, 5.74) is -1.75. The summed E-state index contributed by atoms with van der Waals surface area (Å²) in [5.74, 6) is -1.46. The highest BCUT2D eigenvalue weighted by molar-refractivity contribution is 5.91. The molecule has 2 N–H and O–H groups in total. The lowest BCUT2D eigenvalue weighted by Crippen LogP contribution is -2.41. The van der Waals surface area contributed by atoms with Gasteiger partial charge < -0.3 is 24.6 Å². The number of pyridine rings is 1. The molecule has 0 aliphatic heterocycles. The molecular formula is C23H28F2N4O4. The molecule has 0 fully saturated rings. The van der Waals surface area contributed by atoms with E-state index in [1.165, 1.54) is 12.1 Å². The molecule has 0 spiro atoms. The van der Waals surface area contributed by atoms with Crippen molar-refractivity contribution in [2.45, 2.75) is 38.8 Å². The molecule has 3 aromatic rings. The molecule has 10 heteroatoms. The summed E-state index contributed by atoms with van der Waals surface area (Å²) in [6.07, 6.45) is 0.